The van der Waals surface area contributed by atoms with Crippen molar-refractivity contribution in [2.24, 2.45) is 5.14 Å². The third-order valence-corrected chi connectivity index (χ3v) is 5.77. The lowest BCUT2D eigenvalue weighted by Gasteiger charge is -2.26. The van der Waals surface area contributed by atoms with Gasteiger partial charge in [0.2, 0.25) is 10.0 Å². The molecular formula is C20H23N7O4S. The zero-order valence-corrected chi connectivity index (χ0v) is 18.0. The normalized spacial score (nSPS) is 14.8. The van der Waals surface area contributed by atoms with Crippen molar-refractivity contribution in [3.8, 4) is 5.69 Å². The average molecular weight is 458 g/mol. The number of carbonyl (C=O) groups is 1. The van der Waals surface area contributed by atoms with Crippen LogP contribution in [0.2, 0.25) is 0 Å². The second kappa shape index (κ2) is 9.44. The fourth-order valence-electron chi connectivity index (χ4n) is 3.13. The molecule has 0 aliphatic carbocycles. The number of nitrogens with two attached hydrogens (primary N) is 1. The minimum absolute atomic E-state index is 0.0477. The van der Waals surface area contributed by atoms with Crippen LogP contribution in [0.25, 0.3) is 5.69 Å². The Morgan fingerprint density at radius 1 is 1.12 bits per heavy atom. The Balaban J connectivity index is 1.39. The summed E-state index contributed by atoms with van der Waals surface area (Å²) in [6.45, 7) is 2.86. The molecule has 0 spiro atoms. The fraction of sp³-hybridized carbons (Fsp3) is 0.250. The Kier molecular flexibility index (Phi) is 6.46. The second-order valence-electron chi connectivity index (χ2n) is 7.17. The van der Waals surface area contributed by atoms with Crippen molar-refractivity contribution in [2.45, 2.75) is 11.4 Å². The van der Waals surface area contributed by atoms with E-state index in [-0.39, 0.29) is 10.8 Å². The Morgan fingerprint density at radius 3 is 2.59 bits per heavy atom. The van der Waals surface area contributed by atoms with Gasteiger partial charge in [0.05, 0.1) is 36.5 Å². The van der Waals surface area contributed by atoms with E-state index in [2.05, 4.69) is 21.1 Å². The SMILES string of the molecule is NS(=O)(=O)c1ccc(NCc2cn(-c3cccc(C(=O)NN4CCOCC4)c3)nn2)cc1. The summed E-state index contributed by atoms with van der Waals surface area (Å²) in [5.74, 6) is -0.196. The number of benzene rings is 2. The Labute approximate surface area is 185 Å². The van der Waals surface area contributed by atoms with Gasteiger partial charge in [-0.1, -0.05) is 11.3 Å². The Hall–Kier alpha value is -3.32. The summed E-state index contributed by atoms with van der Waals surface area (Å²) in [6.07, 6.45) is 1.75. The molecule has 2 heterocycles. The molecule has 1 aliphatic rings. The highest BCUT2D eigenvalue weighted by atomic mass is 32.2. The third-order valence-electron chi connectivity index (χ3n) is 4.84. The van der Waals surface area contributed by atoms with Crippen molar-refractivity contribution < 1.29 is 17.9 Å². The highest BCUT2D eigenvalue weighted by Crippen LogP contribution is 2.14. The summed E-state index contributed by atoms with van der Waals surface area (Å²) in [5, 5.41) is 18.4. The van der Waals surface area contributed by atoms with Crippen LogP contribution in [0.3, 0.4) is 0 Å². The molecule has 2 aromatic carbocycles. The highest BCUT2D eigenvalue weighted by molar-refractivity contribution is 7.89. The number of carbonyl (C=O) groups excluding carboxylic acids is 1. The number of ether oxygens (including phenoxy) is 1. The lowest BCUT2D eigenvalue weighted by atomic mass is 10.2. The van der Waals surface area contributed by atoms with Crippen molar-refractivity contribution in [3.05, 3.63) is 66.0 Å². The number of primary sulfonamides is 1. The van der Waals surface area contributed by atoms with E-state index in [1.165, 1.54) is 12.1 Å². The highest BCUT2D eigenvalue weighted by Gasteiger charge is 2.15. The molecule has 12 heteroatoms. The molecule has 1 aliphatic heterocycles. The van der Waals surface area contributed by atoms with Crippen LogP contribution in [0, 0.1) is 0 Å². The maximum absolute atomic E-state index is 12.6. The van der Waals surface area contributed by atoms with Crippen molar-refractivity contribution in [3.63, 3.8) is 0 Å². The number of sulfonamides is 1. The van der Waals surface area contributed by atoms with Crippen LogP contribution in [0.15, 0.2) is 59.6 Å². The summed E-state index contributed by atoms with van der Waals surface area (Å²) in [6, 6.07) is 13.2. The number of rotatable bonds is 7. The molecule has 0 radical (unpaired) electrons. The van der Waals surface area contributed by atoms with Gasteiger partial charge in [-0.2, -0.15) is 0 Å². The van der Waals surface area contributed by atoms with E-state index < -0.39 is 10.0 Å². The molecule has 0 unspecified atom stereocenters. The standard InChI is InChI=1S/C20H23N7O4S/c21-32(29,30)19-6-4-16(5-7-19)22-13-17-14-27(25-23-17)18-3-1-2-15(12-18)20(28)24-26-8-10-31-11-9-26/h1-7,12,14,22H,8-11,13H2,(H,24,28)(H2,21,29,30). The van der Waals surface area contributed by atoms with E-state index >= 15 is 0 Å². The second-order valence-corrected chi connectivity index (χ2v) is 8.73. The average Bonchev–Trinajstić information content (AvgIpc) is 3.27. The summed E-state index contributed by atoms with van der Waals surface area (Å²) in [4.78, 5) is 12.6. The predicted molar refractivity (Wildman–Crippen MR) is 116 cm³/mol. The Bertz CT molecular complexity index is 1190. The quantitative estimate of drug-likeness (QED) is 0.465. The number of nitrogens with zero attached hydrogens (tertiary/aromatic N) is 4. The van der Waals surface area contributed by atoms with Gasteiger partial charge in [0.15, 0.2) is 0 Å². The number of hydrazine groups is 1. The first kappa shape index (κ1) is 21.9. The zero-order valence-electron chi connectivity index (χ0n) is 17.1. The van der Waals surface area contributed by atoms with Gasteiger partial charge in [0.1, 0.15) is 5.69 Å². The number of amides is 1. The van der Waals surface area contributed by atoms with Crippen LogP contribution in [-0.2, 0) is 21.3 Å². The number of morpholine rings is 1. The maximum atomic E-state index is 12.6. The first-order valence-electron chi connectivity index (χ1n) is 9.90. The lowest BCUT2D eigenvalue weighted by Crippen LogP contribution is -2.48. The topological polar surface area (TPSA) is 144 Å². The molecule has 1 fully saturated rings. The minimum Gasteiger partial charge on any atom is -0.379 e. The van der Waals surface area contributed by atoms with Gasteiger partial charge < -0.3 is 10.1 Å². The predicted octanol–water partition coefficient (Wildman–Crippen LogP) is 0.504. The van der Waals surface area contributed by atoms with Crippen LogP contribution in [0.4, 0.5) is 5.69 Å². The molecule has 1 aromatic heterocycles. The summed E-state index contributed by atoms with van der Waals surface area (Å²) in [7, 11) is -3.72. The number of nitrogens with one attached hydrogen (secondary N) is 2. The number of aromatic nitrogens is 3. The maximum Gasteiger partial charge on any atom is 0.265 e. The fourth-order valence-corrected chi connectivity index (χ4v) is 3.65. The largest absolute Gasteiger partial charge is 0.379 e. The molecule has 0 atom stereocenters. The van der Waals surface area contributed by atoms with Gasteiger partial charge in [-0.15, -0.1) is 5.10 Å². The van der Waals surface area contributed by atoms with Crippen molar-refractivity contribution in [2.75, 3.05) is 31.6 Å². The number of hydrogen-bond donors (Lipinski definition) is 3. The smallest absolute Gasteiger partial charge is 0.265 e. The molecule has 0 bridgehead atoms. The summed E-state index contributed by atoms with van der Waals surface area (Å²) < 4.78 is 29.5. The Morgan fingerprint density at radius 2 is 1.88 bits per heavy atom. The lowest BCUT2D eigenvalue weighted by molar-refractivity contribution is 0.0126. The van der Waals surface area contributed by atoms with Crippen molar-refractivity contribution in [1.29, 1.82) is 0 Å². The molecule has 4 N–H and O–H groups in total. The van der Waals surface area contributed by atoms with E-state index in [1.807, 2.05) is 11.1 Å². The molecule has 3 aromatic rings. The number of hydrogen-bond acceptors (Lipinski definition) is 8. The van der Waals surface area contributed by atoms with Crippen LogP contribution in [0.1, 0.15) is 16.1 Å². The molecule has 1 amide bonds. The van der Waals surface area contributed by atoms with Gasteiger partial charge in [0.25, 0.3) is 5.91 Å². The summed E-state index contributed by atoms with van der Waals surface area (Å²) >= 11 is 0. The van der Waals surface area contributed by atoms with Crippen LogP contribution < -0.4 is 15.9 Å². The van der Waals surface area contributed by atoms with Crippen LogP contribution in [-0.4, -0.2) is 60.6 Å². The van der Waals surface area contributed by atoms with E-state index in [9.17, 15) is 13.2 Å². The van der Waals surface area contributed by atoms with Crippen molar-refractivity contribution in [1.82, 2.24) is 25.4 Å². The summed E-state index contributed by atoms with van der Waals surface area (Å²) in [5.41, 5.74) is 5.49. The molecule has 0 saturated carbocycles. The van der Waals surface area contributed by atoms with Gasteiger partial charge in [-0.25, -0.2) is 23.2 Å². The first-order chi connectivity index (χ1) is 15.4. The zero-order chi connectivity index (χ0) is 22.6. The molecule has 32 heavy (non-hydrogen) atoms. The third kappa shape index (κ3) is 5.48. The first-order valence-corrected chi connectivity index (χ1v) is 11.5. The molecular weight excluding hydrogens is 434 g/mol. The van der Waals surface area contributed by atoms with Crippen molar-refractivity contribution >= 4 is 21.6 Å². The van der Waals surface area contributed by atoms with Gasteiger partial charge >= 0.3 is 0 Å². The van der Waals surface area contributed by atoms with E-state index in [0.717, 1.165) is 0 Å². The monoisotopic (exact) mass is 457 g/mol. The van der Waals surface area contributed by atoms with E-state index in [4.69, 9.17) is 9.88 Å². The minimum atomic E-state index is -3.72. The van der Waals surface area contributed by atoms with Gasteiger partial charge in [-0.05, 0) is 42.5 Å². The number of anilines is 1. The van der Waals surface area contributed by atoms with E-state index in [0.29, 0.717) is 55.5 Å². The molecule has 4 rings (SSSR count). The van der Waals surface area contributed by atoms with Gasteiger partial charge in [0, 0.05) is 24.3 Å². The van der Waals surface area contributed by atoms with E-state index in [1.54, 1.807) is 41.2 Å². The molecule has 11 nitrogen and oxygen atoms in total. The molecule has 168 valence electrons. The van der Waals surface area contributed by atoms with Gasteiger partial charge in [-0.3, -0.25) is 10.2 Å². The molecule has 1 saturated heterocycles. The van der Waals surface area contributed by atoms with Crippen LogP contribution >= 0.6 is 0 Å². The van der Waals surface area contributed by atoms with Crippen LogP contribution in [0.5, 0.6) is 0 Å².